The number of halogens is 3. The summed E-state index contributed by atoms with van der Waals surface area (Å²) in [4.78, 5) is 32.5. The van der Waals surface area contributed by atoms with Gasteiger partial charge in [-0.3, -0.25) is 4.79 Å². The first-order valence-corrected chi connectivity index (χ1v) is 15.0. The second-order valence-electron chi connectivity index (χ2n) is 11.1. The van der Waals surface area contributed by atoms with Crippen LogP contribution in [0, 0.1) is 19.7 Å². The Balaban J connectivity index is 1.59. The lowest BCUT2D eigenvalue weighted by molar-refractivity contribution is -0.126. The van der Waals surface area contributed by atoms with E-state index in [1.807, 2.05) is 20.8 Å². The highest BCUT2D eigenvalue weighted by Crippen LogP contribution is 2.40. The van der Waals surface area contributed by atoms with Crippen LogP contribution in [0.1, 0.15) is 30.9 Å². The highest BCUT2D eigenvalue weighted by Gasteiger charge is 2.31. The number of likely N-dealkylation sites (tertiary alicyclic amines) is 1. The number of rotatable bonds is 7. The zero-order valence-corrected chi connectivity index (χ0v) is 25.8. The average Bonchev–Trinajstić information content (AvgIpc) is 3.37. The number of amides is 1. The van der Waals surface area contributed by atoms with Crippen molar-refractivity contribution in [3.05, 3.63) is 46.3 Å². The van der Waals surface area contributed by atoms with Gasteiger partial charge >= 0.3 is 6.01 Å². The molecular weight excluding hydrogens is 580 g/mol. The van der Waals surface area contributed by atoms with Gasteiger partial charge in [-0.1, -0.05) is 17.7 Å². The van der Waals surface area contributed by atoms with Crippen LogP contribution in [0.15, 0.2) is 24.3 Å². The van der Waals surface area contributed by atoms with E-state index in [4.69, 9.17) is 38.7 Å². The van der Waals surface area contributed by atoms with E-state index < -0.39 is 5.82 Å². The molecule has 224 valence electrons. The van der Waals surface area contributed by atoms with Gasteiger partial charge in [-0.2, -0.15) is 9.97 Å². The van der Waals surface area contributed by atoms with Crippen LogP contribution in [0.2, 0.25) is 5.02 Å². The maximum atomic E-state index is 16.6. The average molecular weight is 617 g/mol. The number of carbonyl (C=O) groups is 1. The van der Waals surface area contributed by atoms with E-state index in [0.29, 0.717) is 43.1 Å². The van der Waals surface area contributed by atoms with Crippen LogP contribution in [0.3, 0.4) is 0 Å². The molecular formula is C30H36Cl2FN7O2. The fourth-order valence-corrected chi connectivity index (χ4v) is 6.12. The van der Waals surface area contributed by atoms with Crippen molar-refractivity contribution in [3.63, 3.8) is 0 Å². The minimum Gasteiger partial charge on any atom is -0.462 e. The molecule has 5 rings (SSSR count). The van der Waals surface area contributed by atoms with Crippen molar-refractivity contribution in [2.45, 2.75) is 45.7 Å². The van der Waals surface area contributed by atoms with Crippen LogP contribution < -0.4 is 15.4 Å². The molecule has 2 aromatic heterocycles. The number of hydrogen-bond acceptors (Lipinski definition) is 8. The van der Waals surface area contributed by atoms with E-state index in [0.717, 1.165) is 30.5 Å². The molecule has 0 bridgehead atoms. The summed E-state index contributed by atoms with van der Waals surface area (Å²) in [5, 5.41) is 0.637. The Bertz CT molecular complexity index is 1540. The summed E-state index contributed by atoms with van der Waals surface area (Å²) in [5.41, 5.74) is 8.29. The van der Waals surface area contributed by atoms with Gasteiger partial charge in [0.05, 0.1) is 16.3 Å². The van der Waals surface area contributed by atoms with E-state index in [-0.39, 0.29) is 51.8 Å². The van der Waals surface area contributed by atoms with Gasteiger partial charge in [0.15, 0.2) is 5.82 Å². The van der Waals surface area contributed by atoms with Crippen LogP contribution in [0.4, 0.5) is 16.0 Å². The Morgan fingerprint density at radius 2 is 2.00 bits per heavy atom. The number of nitrogens with two attached hydrogens (primary N) is 1. The number of piperazine rings is 1. The predicted octanol–water partition coefficient (Wildman–Crippen LogP) is 4.99. The lowest BCUT2D eigenvalue weighted by atomic mass is 10.00. The molecule has 0 unspecified atom stereocenters. The molecule has 2 aliphatic heterocycles. The summed E-state index contributed by atoms with van der Waals surface area (Å²) in [7, 11) is 2.06. The molecule has 4 heterocycles. The third-order valence-electron chi connectivity index (χ3n) is 8.27. The predicted molar refractivity (Wildman–Crippen MR) is 166 cm³/mol. The summed E-state index contributed by atoms with van der Waals surface area (Å²) in [6.07, 6.45) is 5.23. The van der Waals surface area contributed by atoms with E-state index >= 15 is 4.39 Å². The highest BCUT2D eigenvalue weighted by atomic mass is 35.5. The Hall–Kier alpha value is -3.21. The van der Waals surface area contributed by atoms with Crippen LogP contribution in [-0.4, -0.2) is 88.5 Å². The van der Waals surface area contributed by atoms with Crippen LogP contribution >= 0.6 is 23.2 Å². The quantitative estimate of drug-likeness (QED) is 0.293. The summed E-state index contributed by atoms with van der Waals surface area (Å²) in [6, 6.07) is 3.63. The summed E-state index contributed by atoms with van der Waals surface area (Å²) in [6.45, 7) is 8.55. The van der Waals surface area contributed by atoms with Gasteiger partial charge in [-0.25, -0.2) is 9.37 Å². The second kappa shape index (κ2) is 12.6. The third kappa shape index (κ3) is 5.98. The molecule has 2 saturated heterocycles. The Morgan fingerprint density at radius 3 is 2.69 bits per heavy atom. The van der Waals surface area contributed by atoms with E-state index in [2.05, 4.69) is 26.8 Å². The number of fused-ring (bicyclic) bond motifs is 1. The molecule has 0 radical (unpaired) electrons. The van der Waals surface area contributed by atoms with Crippen molar-refractivity contribution in [2.75, 3.05) is 56.3 Å². The number of benzene rings is 1. The number of alkyl halides is 1. The first-order valence-electron chi connectivity index (χ1n) is 14.1. The zero-order valence-electron chi connectivity index (χ0n) is 24.3. The van der Waals surface area contributed by atoms with E-state index in [1.165, 1.54) is 6.08 Å². The minimum absolute atomic E-state index is 0.0891. The lowest BCUT2D eigenvalue weighted by Gasteiger charge is -2.40. The minimum atomic E-state index is -0.614. The van der Waals surface area contributed by atoms with Gasteiger partial charge in [0.25, 0.3) is 0 Å². The number of hydrogen-bond donors (Lipinski definition) is 1. The van der Waals surface area contributed by atoms with Crippen molar-refractivity contribution in [1.29, 1.82) is 0 Å². The Labute approximate surface area is 255 Å². The number of aromatic nitrogens is 3. The van der Waals surface area contributed by atoms with Gasteiger partial charge in [0.2, 0.25) is 5.91 Å². The molecule has 1 amide bonds. The number of nitrogen functional groups attached to an aromatic ring is 1. The van der Waals surface area contributed by atoms with Crippen molar-refractivity contribution in [3.8, 4) is 17.3 Å². The molecule has 2 atom stereocenters. The standard InChI is InChI=1S/C30H36Cl2FN7O2/c1-17-13-23(34)35-27(19(17)3)25-22(32)14-21-28(26(25)33)36-30(42-16-20-7-6-10-38(20)4)37-29(21)40-12-11-39(15-18(40)2)24(41)8-5-9-31/h5,8,13-14,18,20H,6-7,9-12,15-16H2,1-4H3,(H2,34,35)/b8-5+/t18-,20-/m0/s1. The van der Waals surface area contributed by atoms with Gasteiger partial charge in [-0.15, -0.1) is 11.6 Å². The normalized spacial score (nSPS) is 19.8. The van der Waals surface area contributed by atoms with Crippen molar-refractivity contribution < 1.29 is 13.9 Å². The van der Waals surface area contributed by atoms with Crippen LogP contribution in [-0.2, 0) is 4.79 Å². The molecule has 9 nitrogen and oxygen atoms in total. The number of allylic oxidation sites excluding steroid dienone is 1. The highest BCUT2D eigenvalue weighted by molar-refractivity contribution is 6.34. The zero-order chi connectivity index (χ0) is 30.1. The molecule has 2 aliphatic rings. The van der Waals surface area contributed by atoms with Gasteiger partial charge < -0.3 is 25.2 Å². The summed E-state index contributed by atoms with van der Waals surface area (Å²) < 4.78 is 22.7. The fraction of sp³-hybridized carbons (Fsp3) is 0.467. The molecule has 42 heavy (non-hydrogen) atoms. The molecule has 0 saturated carbocycles. The SMILES string of the molecule is Cc1cc(N)nc(-c2c(Cl)cc3c(N4CCN(C(=O)/C=C/CCl)C[C@@H]4C)nc(OC[C@@H]4CCCN4C)nc3c2F)c1C. The van der Waals surface area contributed by atoms with Gasteiger partial charge in [0.1, 0.15) is 23.8 Å². The monoisotopic (exact) mass is 615 g/mol. The summed E-state index contributed by atoms with van der Waals surface area (Å²) >= 11 is 12.5. The molecule has 3 aromatic rings. The summed E-state index contributed by atoms with van der Waals surface area (Å²) in [5.74, 6) is 0.340. The van der Waals surface area contributed by atoms with Crippen LogP contribution in [0.5, 0.6) is 6.01 Å². The van der Waals surface area contributed by atoms with Crippen molar-refractivity contribution >= 4 is 51.6 Å². The first-order chi connectivity index (χ1) is 20.1. The molecule has 12 heteroatoms. The van der Waals surface area contributed by atoms with Crippen molar-refractivity contribution in [2.24, 2.45) is 0 Å². The molecule has 2 N–H and O–H groups in total. The number of nitrogens with zero attached hydrogens (tertiary/aromatic N) is 6. The number of pyridine rings is 1. The largest absolute Gasteiger partial charge is 0.462 e. The smallest absolute Gasteiger partial charge is 0.319 e. The van der Waals surface area contributed by atoms with E-state index in [1.54, 1.807) is 23.1 Å². The maximum Gasteiger partial charge on any atom is 0.319 e. The first kappa shape index (κ1) is 30.3. The Kier molecular flexibility index (Phi) is 9.05. The van der Waals surface area contributed by atoms with Gasteiger partial charge in [-0.05, 0) is 70.5 Å². The molecule has 0 aliphatic carbocycles. The molecule has 1 aromatic carbocycles. The fourth-order valence-electron chi connectivity index (χ4n) is 5.75. The van der Waals surface area contributed by atoms with Crippen LogP contribution in [0.25, 0.3) is 22.2 Å². The number of aryl methyl sites for hydroxylation is 1. The van der Waals surface area contributed by atoms with E-state index in [9.17, 15) is 4.79 Å². The maximum absolute atomic E-state index is 16.6. The number of ether oxygens (including phenoxy) is 1. The Morgan fingerprint density at radius 1 is 1.21 bits per heavy atom. The second-order valence-corrected chi connectivity index (χ2v) is 11.8. The lowest BCUT2D eigenvalue weighted by Crippen LogP contribution is -2.53. The number of likely N-dealkylation sites (N-methyl/N-ethyl adjacent to an activating group) is 1. The number of carbonyl (C=O) groups excluding carboxylic acids is 1. The molecule has 2 fully saturated rings. The van der Waals surface area contributed by atoms with Crippen molar-refractivity contribution in [1.82, 2.24) is 24.8 Å². The van der Waals surface area contributed by atoms with Gasteiger partial charge in [0, 0.05) is 49.1 Å². The molecule has 0 spiro atoms. The third-order valence-corrected chi connectivity index (χ3v) is 8.74. The number of anilines is 2. The topological polar surface area (TPSA) is 101 Å².